The first-order chi connectivity index (χ1) is 8.61. The summed E-state index contributed by atoms with van der Waals surface area (Å²) in [5, 5.41) is 2.23. The first kappa shape index (κ1) is 13.2. The van der Waals surface area contributed by atoms with Crippen LogP contribution in [0.3, 0.4) is 0 Å². The third-order valence-electron chi connectivity index (χ3n) is 2.75. The van der Waals surface area contributed by atoms with E-state index in [0.29, 0.717) is 10.6 Å². The number of carbonyl (C=O) groups excluding carboxylic acids is 1. The van der Waals surface area contributed by atoms with Crippen LogP contribution in [-0.4, -0.2) is 5.78 Å². The van der Waals surface area contributed by atoms with E-state index in [2.05, 4.69) is 0 Å². The van der Waals surface area contributed by atoms with Crippen LogP contribution in [0.2, 0.25) is 5.02 Å². The first-order valence-corrected chi connectivity index (χ1v) is 6.91. The van der Waals surface area contributed by atoms with Crippen LogP contribution in [0, 0.1) is 5.82 Å². The van der Waals surface area contributed by atoms with Gasteiger partial charge in [0.05, 0.1) is 4.88 Å². The summed E-state index contributed by atoms with van der Waals surface area (Å²) in [4.78, 5) is 12.8. The van der Waals surface area contributed by atoms with Gasteiger partial charge in [-0.05, 0) is 41.1 Å². The third-order valence-corrected chi connectivity index (χ3v) is 3.98. The Morgan fingerprint density at radius 2 is 2.11 bits per heavy atom. The molecule has 0 aliphatic rings. The second-order valence-corrected chi connectivity index (χ2v) is 5.32. The molecule has 1 aromatic heterocycles. The molecule has 0 radical (unpaired) electrons. The minimum atomic E-state index is -0.426. The van der Waals surface area contributed by atoms with Gasteiger partial charge in [0.25, 0.3) is 0 Å². The largest absolute Gasteiger partial charge is 0.293 e. The highest BCUT2D eigenvalue weighted by molar-refractivity contribution is 7.12. The molecule has 0 N–H and O–H groups in total. The van der Waals surface area contributed by atoms with Crippen molar-refractivity contribution >= 4 is 28.7 Å². The number of rotatable bonds is 4. The van der Waals surface area contributed by atoms with Gasteiger partial charge >= 0.3 is 0 Å². The Balaban J connectivity index is 2.21. The molecule has 0 aliphatic carbocycles. The maximum Gasteiger partial charge on any atom is 0.177 e. The summed E-state index contributed by atoms with van der Waals surface area (Å²) in [6.07, 6.45) is 0.893. The molecule has 1 aromatic carbocycles. The molecule has 0 bridgehead atoms. The van der Waals surface area contributed by atoms with E-state index in [1.807, 2.05) is 18.4 Å². The highest BCUT2D eigenvalue weighted by Gasteiger charge is 2.14. The summed E-state index contributed by atoms with van der Waals surface area (Å²) in [5.41, 5.74) is 1.42. The predicted octanol–water partition coefficient (Wildman–Crippen LogP) is 4.53. The van der Waals surface area contributed by atoms with Crippen molar-refractivity contribution in [2.45, 2.75) is 19.8 Å². The molecule has 0 fully saturated rings. The van der Waals surface area contributed by atoms with E-state index in [1.54, 1.807) is 12.1 Å². The highest BCUT2D eigenvalue weighted by Crippen LogP contribution is 2.21. The molecule has 1 heterocycles. The lowest BCUT2D eigenvalue weighted by Crippen LogP contribution is -2.05. The number of carbonyl (C=O) groups is 1. The average molecular weight is 283 g/mol. The predicted molar refractivity (Wildman–Crippen MR) is 73.1 cm³/mol. The number of halogens is 2. The Kier molecular flexibility index (Phi) is 4.15. The summed E-state index contributed by atoms with van der Waals surface area (Å²) >= 11 is 7.09. The lowest BCUT2D eigenvalue weighted by molar-refractivity contribution is 0.0995. The molecule has 0 unspecified atom stereocenters. The minimum absolute atomic E-state index is 0.0388. The Bertz CT molecular complexity index is 577. The Labute approximate surface area is 114 Å². The molecule has 0 saturated carbocycles. The maximum absolute atomic E-state index is 13.6. The van der Waals surface area contributed by atoms with Gasteiger partial charge in [-0.2, -0.15) is 0 Å². The van der Waals surface area contributed by atoms with Crippen LogP contribution in [0.25, 0.3) is 0 Å². The van der Waals surface area contributed by atoms with Crippen molar-refractivity contribution in [1.29, 1.82) is 0 Å². The number of hydrogen-bond acceptors (Lipinski definition) is 2. The van der Waals surface area contributed by atoms with Crippen LogP contribution in [-0.2, 0) is 12.8 Å². The summed E-state index contributed by atoms with van der Waals surface area (Å²) in [6.45, 7) is 2.00. The van der Waals surface area contributed by atoms with E-state index in [1.165, 1.54) is 17.4 Å². The van der Waals surface area contributed by atoms with Gasteiger partial charge in [-0.15, -0.1) is 11.3 Å². The summed E-state index contributed by atoms with van der Waals surface area (Å²) < 4.78 is 13.6. The van der Waals surface area contributed by atoms with E-state index < -0.39 is 5.82 Å². The lowest BCUT2D eigenvalue weighted by Gasteiger charge is -2.03. The molecule has 0 saturated heterocycles. The number of hydrogen-bond donors (Lipinski definition) is 0. The molecule has 2 aromatic rings. The molecule has 0 atom stereocenters. The fourth-order valence-corrected chi connectivity index (χ4v) is 2.87. The normalized spacial score (nSPS) is 10.6. The topological polar surface area (TPSA) is 17.1 Å². The molecule has 1 nitrogen and oxygen atoms in total. The molecule has 0 spiro atoms. The summed E-state index contributed by atoms with van der Waals surface area (Å²) in [7, 11) is 0. The zero-order valence-electron chi connectivity index (χ0n) is 9.87. The lowest BCUT2D eigenvalue weighted by atomic mass is 10.0. The van der Waals surface area contributed by atoms with E-state index >= 15 is 0 Å². The monoisotopic (exact) mass is 282 g/mol. The van der Waals surface area contributed by atoms with Crippen LogP contribution < -0.4 is 0 Å². The zero-order chi connectivity index (χ0) is 13.1. The number of benzene rings is 1. The van der Waals surface area contributed by atoms with Crippen LogP contribution in [0.15, 0.2) is 29.6 Å². The molecule has 2 rings (SSSR count). The fraction of sp³-hybridized carbons (Fsp3) is 0.214. The van der Waals surface area contributed by atoms with Gasteiger partial charge in [0.15, 0.2) is 5.78 Å². The second kappa shape index (κ2) is 5.63. The Hall–Kier alpha value is -1.19. The molecule has 4 heteroatoms. The molecule has 94 valence electrons. The van der Waals surface area contributed by atoms with Gasteiger partial charge in [-0.25, -0.2) is 4.39 Å². The average Bonchev–Trinajstić information content (AvgIpc) is 2.81. The molecular weight excluding hydrogens is 271 g/mol. The number of ketones is 1. The SMILES string of the molecule is CCc1ccsc1C(=O)Cc1ccc(Cl)cc1F. The van der Waals surface area contributed by atoms with Crippen molar-refractivity contribution in [3.05, 3.63) is 56.5 Å². The van der Waals surface area contributed by atoms with Gasteiger partial charge in [0, 0.05) is 11.4 Å². The third kappa shape index (κ3) is 2.79. The van der Waals surface area contributed by atoms with Crippen LogP contribution in [0.5, 0.6) is 0 Å². The number of thiophene rings is 1. The molecule has 0 amide bonds. The van der Waals surface area contributed by atoms with Gasteiger partial charge in [0.1, 0.15) is 5.82 Å². The summed E-state index contributed by atoms with van der Waals surface area (Å²) in [6, 6.07) is 6.34. The van der Waals surface area contributed by atoms with Crippen molar-refractivity contribution in [2.24, 2.45) is 0 Å². The van der Waals surface area contributed by atoms with Crippen molar-refractivity contribution in [1.82, 2.24) is 0 Å². The minimum Gasteiger partial charge on any atom is -0.293 e. The quantitative estimate of drug-likeness (QED) is 0.753. The van der Waals surface area contributed by atoms with Crippen molar-refractivity contribution in [3.8, 4) is 0 Å². The van der Waals surface area contributed by atoms with E-state index in [9.17, 15) is 9.18 Å². The Morgan fingerprint density at radius 1 is 1.33 bits per heavy atom. The molecule has 0 aliphatic heterocycles. The zero-order valence-corrected chi connectivity index (χ0v) is 11.4. The van der Waals surface area contributed by atoms with Crippen molar-refractivity contribution in [3.63, 3.8) is 0 Å². The van der Waals surface area contributed by atoms with Gasteiger partial charge in [-0.1, -0.05) is 24.6 Å². The Morgan fingerprint density at radius 3 is 2.78 bits per heavy atom. The van der Waals surface area contributed by atoms with Gasteiger partial charge in [-0.3, -0.25) is 4.79 Å². The van der Waals surface area contributed by atoms with Crippen LogP contribution >= 0.6 is 22.9 Å². The number of aryl methyl sites for hydroxylation is 1. The highest BCUT2D eigenvalue weighted by atomic mass is 35.5. The standard InChI is InChI=1S/C14H12ClFOS/c1-2-9-5-6-18-14(9)13(17)7-10-3-4-11(15)8-12(10)16/h3-6,8H,2,7H2,1H3. The van der Waals surface area contributed by atoms with Crippen molar-refractivity contribution in [2.75, 3.05) is 0 Å². The van der Waals surface area contributed by atoms with Gasteiger partial charge < -0.3 is 0 Å². The van der Waals surface area contributed by atoms with E-state index in [4.69, 9.17) is 11.6 Å². The molecule has 18 heavy (non-hydrogen) atoms. The fourth-order valence-electron chi connectivity index (χ4n) is 1.78. The van der Waals surface area contributed by atoms with E-state index in [-0.39, 0.29) is 12.2 Å². The van der Waals surface area contributed by atoms with Crippen LogP contribution in [0.1, 0.15) is 27.7 Å². The first-order valence-electron chi connectivity index (χ1n) is 5.65. The summed E-state index contributed by atoms with van der Waals surface area (Å²) in [5.74, 6) is -0.464. The maximum atomic E-state index is 13.6. The van der Waals surface area contributed by atoms with Crippen molar-refractivity contribution < 1.29 is 9.18 Å². The van der Waals surface area contributed by atoms with Gasteiger partial charge in [0.2, 0.25) is 0 Å². The smallest absolute Gasteiger partial charge is 0.177 e. The second-order valence-electron chi connectivity index (χ2n) is 3.96. The molecular formula is C14H12ClFOS. The van der Waals surface area contributed by atoms with E-state index in [0.717, 1.165) is 16.9 Å². The van der Waals surface area contributed by atoms with Crippen LogP contribution in [0.4, 0.5) is 4.39 Å². The number of Topliss-reactive ketones (excluding diaryl/α,β-unsaturated/α-hetero) is 1.